The number of fused-ring (bicyclic) bond motifs is 1. The molecule has 0 saturated carbocycles. The van der Waals surface area contributed by atoms with Crippen LogP contribution in [0.5, 0.6) is 0 Å². The summed E-state index contributed by atoms with van der Waals surface area (Å²) in [4.78, 5) is 21.6. The summed E-state index contributed by atoms with van der Waals surface area (Å²) in [7, 11) is -1.03. The maximum Gasteiger partial charge on any atom is 0.301 e. The molecule has 4 rings (SSSR count). The summed E-state index contributed by atoms with van der Waals surface area (Å²) in [5, 5.41) is 6.42. The number of rotatable bonds is 9. The zero-order valence-electron chi connectivity index (χ0n) is 20.1. The van der Waals surface area contributed by atoms with Gasteiger partial charge in [-0.3, -0.25) is 14.1 Å². The molecule has 3 N–H and O–H groups in total. The van der Waals surface area contributed by atoms with Crippen molar-refractivity contribution in [1.29, 1.82) is 0 Å². The first-order valence-electron chi connectivity index (χ1n) is 11.3. The highest BCUT2D eigenvalue weighted by molar-refractivity contribution is 7.90. The first kappa shape index (κ1) is 28.6. The monoisotopic (exact) mass is 561 g/mol. The molecule has 2 aromatic heterocycles. The molecule has 1 fully saturated rings. The van der Waals surface area contributed by atoms with Gasteiger partial charge in [0, 0.05) is 38.3 Å². The number of aromatic nitrogens is 3. The fourth-order valence-electron chi connectivity index (χ4n) is 3.96. The molecule has 1 atom stereocenters. The van der Waals surface area contributed by atoms with Crippen LogP contribution in [0.4, 0.5) is 24.8 Å². The Hall–Kier alpha value is -2.94. The summed E-state index contributed by atoms with van der Waals surface area (Å²) in [5.74, 6) is -2.03. The van der Waals surface area contributed by atoms with Crippen LogP contribution >= 0.6 is 12.4 Å². The topological polar surface area (TPSA) is 121 Å². The molecule has 0 spiro atoms. The van der Waals surface area contributed by atoms with Crippen LogP contribution in [-0.2, 0) is 17.3 Å². The SMILES string of the molecule is CNCCCNc1ncc2cc(-c3c(F)ccc(NS(=O)(=O)N4CCC(F)C4)c3F)c(=O)n(C)c2n1.Cl. The second-order valence-electron chi connectivity index (χ2n) is 8.41. The van der Waals surface area contributed by atoms with Gasteiger partial charge < -0.3 is 10.6 Å². The second kappa shape index (κ2) is 11.6. The lowest BCUT2D eigenvalue weighted by molar-refractivity contribution is 0.343. The highest BCUT2D eigenvalue weighted by Gasteiger charge is 2.32. The lowest BCUT2D eigenvalue weighted by Gasteiger charge is -2.18. The molecule has 37 heavy (non-hydrogen) atoms. The predicted octanol–water partition coefficient (Wildman–Crippen LogP) is 2.42. The van der Waals surface area contributed by atoms with Crippen molar-refractivity contribution in [3.05, 3.63) is 46.4 Å². The highest BCUT2D eigenvalue weighted by Crippen LogP contribution is 2.31. The number of nitrogens with zero attached hydrogens (tertiary/aromatic N) is 4. The van der Waals surface area contributed by atoms with E-state index in [0.717, 1.165) is 34.0 Å². The standard InChI is InChI=1S/C22H26F3N7O3S.ClH/c1-26-7-3-8-27-22-28-11-13-10-15(21(33)31(2)20(13)29-22)18-16(24)4-5-17(19(18)25)30-36(34,35)32-9-6-14(23)12-32;/h4-5,10-11,14,26,30H,3,6-9,12H2,1-2H3,(H,27,28,29);1H. The highest BCUT2D eigenvalue weighted by atomic mass is 35.5. The summed E-state index contributed by atoms with van der Waals surface area (Å²) < 4.78 is 72.9. The number of pyridine rings is 1. The minimum atomic E-state index is -4.28. The molecule has 0 amide bonds. The van der Waals surface area contributed by atoms with E-state index in [4.69, 9.17) is 0 Å². The van der Waals surface area contributed by atoms with Crippen molar-refractivity contribution in [3.8, 4) is 11.1 Å². The average Bonchev–Trinajstić information content (AvgIpc) is 3.29. The average molecular weight is 562 g/mol. The molecule has 0 bridgehead atoms. The van der Waals surface area contributed by atoms with Gasteiger partial charge in [0.25, 0.3) is 5.56 Å². The third kappa shape index (κ3) is 5.98. The number of alkyl halides is 1. The van der Waals surface area contributed by atoms with E-state index in [9.17, 15) is 22.0 Å². The van der Waals surface area contributed by atoms with Crippen molar-refractivity contribution < 1.29 is 21.6 Å². The predicted molar refractivity (Wildman–Crippen MR) is 138 cm³/mol. The van der Waals surface area contributed by atoms with Gasteiger partial charge in [0.1, 0.15) is 17.6 Å². The van der Waals surface area contributed by atoms with Crippen LogP contribution in [0.25, 0.3) is 22.2 Å². The normalized spacial score (nSPS) is 16.1. The van der Waals surface area contributed by atoms with Crippen molar-refractivity contribution in [3.63, 3.8) is 0 Å². The van der Waals surface area contributed by atoms with E-state index in [-0.39, 0.29) is 43.1 Å². The maximum atomic E-state index is 15.4. The molecule has 3 aromatic rings. The summed E-state index contributed by atoms with van der Waals surface area (Å²) >= 11 is 0. The van der Waals surface area contributed by atoms with E-state index in [1.165, 1.54) is 19.3 Å². The van der Waals surface area contributed by atoms with Crippen molar-refractivity contribution >= 4 is 45.3 Å². The lowest BCUT2D eigenvalue weighted by atomic mass is 10.0. The van der Waals surface area contributed by atoms with Crippen LogP contribution in [0.3, 0.4) is 0 Å². The molecule has 1 saturated heterocycles. The van der Waals surface area contributed by atoms with E-state index < -0.39 is 44.8 Å². The molecule has 1 aliphatic heterocycles. The molecule has 3 heterocycles. The van der Waals surface area contributed by atoms with Crippen LogP contribution < -0.4 is 20.9 Å². The first-order valence-corrected chi connectivity index (χ1v) is 12.7. The molecule has 0 aliphatic carbocycles. The second-order valence-corrected chi connectivity index (χ2v) is 10.1. The molecule has 1 aromatic carbocycles. The Morgan fingerprint density at radius 2 is 1.97 bits per heavy atom. The zero-order chi connectivity index (χ0) is 26.0. The van der Waals surface area contributed by atoms with Crippen LogP contribution in [0.15, 0.2) is 29.2 Å². The van der Waals surface area contributed by atoms with Gasteiger partial charge in [-0.25, -0.2) is 18.2 Å². The molecule has 0 radical (unpaired) electrons. The number of hydrogen-bond acceptors (Lipinski definition) is 7. The van der Waals surface area contributed by atoms with Crippen molar-refractivity contribution in [1.82, 2.24) is 24.2 Å². The number of aryl methyl sites for hydroxylation is 1. The molecule has 202 valence electrons. The number of benzene rings is 1. The maximum absolute atomic E-state index is 15.4. The third-order valence-electron chi connectivity index (χ3n) is 5.87. The van der Waals surface area contributed by atoms with Crippen molar-refractivity contribution in [2.24, 2.45) is 7.05 Å². The Morgan fingerprint density at radius 1 is 1.22 bits per heavy atom. The molecular weight excluding hydrogens is 535 g/mol. The summed E-state index contributed by atoms with van der Waals surface area (Å²) in [5.41, 5.74) is -2.07. The lowest BCUT2D eigenvalue weighted by Crippen LogP contribution is -2.34. The zero-order valence-corrected chi connectivity index (χ0v) is 21.7. The van der Waals surface area contributed by atoms with E-state index in [1.54, 1.807) is 0 Å². The van der Waals surface area contributed by atoms with E-state index in [2.05, 4.69) is 20.6 Å². The van der Waals surface area contributed by atoms with E-state index >= 15 is 4.39 Å². The Labute approximate surface area is 217 Å². The number of nitrogens with one attached hydrogen (secondary N) is 3. The van der Waals surface area contributed by atoms with Gasteiger partial charge in [-0.2, -0.15) is 17.7 Å². The molecule has 10 nitrogen and oxygen atoms in total. The third-order valence-corrected chi connectivity index (χ3v) is 7.36. The van der Waals surface area contributed by atoms with Crippen LogP contribution in [0, 0.1) is 11.6 Å². The summed E-state index contributed by atoms with van der Waals surface area (Å²) in [6, 6.07) is 3.03. The van der Waals surface area contributed by atoms with E-state index in [1.807, 2.05) is 11.8 Å². The number of anilines is 2. The van der Waals surface area contributed by atoms with Gasteiger partial charge in [0.2, 0.25) is 5.95 Å². The van der Waals surface area contributed by atoms with Crippen LogP contribution in [-0.4, -0.2) is 66.7 Å². The van der Waals surface area contributed by atoms with Gasteiger partial charge in [0.15, 0.2) is 5.82 Å². The van der Waals surface area contributed by atoms with Crippen molar-refractivity contribution in [2.75, 3.05) is 43.3 Å². The number of hydrogen-bond donors (Lipinski definition) is 3. The molecule has 1 unspecified atom stereocenters. The quantitative estimate of drug-likeness (QED) is 0.343. The smallest absolute Gasteiger partial charge is 0.301 e. The molecular formula is C22H27ClF3N7O3S. The van der Waals surface area contributed by atoms with Gasteiger partial charge >= 0.3 is 10.2 Å². The van der Waals surface area contributed by atoms with Gasteiger partial charge in [0.05, 0.1) is 16.8 Å². The van der Waals surface area contributed by atoms with Crippen molar-refractivity contribution in [2.45, 2.75) is 19.0 Å². The van der Waals surface area contributed by atoms with Crippen LogP contribution in [0.2, 0.25) is 0 Å². The first-order chi connectivity index (χ1) is 17.1. The van der Waals surface area contributed by atoms with Gasteiger partial charge in [-0.15, -0.1) is 12.4 Å². The number of halogens is 4. The van der Waals surface area contributed by atoms with E-state index in [0.29, 0.717) is 17.9 Å². The largest absolute Gasteiger partial charge is 0.354 e. The summed E-state index contributed by atoms with van der Waals surface area (Å²) in [6.45, 7) is 0.969. The minimum Gasteiger partial charge on any atom is -0.354 e. The Kier molecular flexibility index (Phi) is 9.00. The fraction of sp³-hybridized carbons (Fsp3) is 0.409. The van der Waals surface area contributed by atoms with Gasteiger partial charge in [-0.05, 0) is 44.6 Å². The Bertz CT molecular complexity index is 1460. The van der Waals surface area contributed by atoms with Gasteiger partial charge in [-0.1, -0.05) is 0 Å². The minimum absolute atomic E-state index is 0. The van der Waals surface area contributed by atoms with Crippen LogP contribution in [0.1, 0.15) is 12.8 Å². The Balaban J connectivity index is 0.00000380. The summed E-state index contributed by atoms with van der Waals surface area (Å²) in [6.07, 6.45) is 0.956. The fourth-order valence-corrected chi connectivity index (χ4v) is 5.23. The molecule has 15 heteroatoms. The molecule has 1 aliphatic rings. The Morgan fingerprint density at radius 3 is 2.65 bits per heavy atom.